The Labute approximate surface area is 152 Å². The molecule has 0 bridgehead atoms. The van der Waals surface area contributed by atoms with Gasteiger partial charge in [0.15, 0.2) is 6.54 Å². The van der Waals surface area contributed by atoms with Gasteiger partial charge in [-0.25, -0.2) is 0 Å². The smallest absolute Gasteiger partial charge is 0.271 e. The average molecular weight is 351 g/mol. The maximum absolute atomic E-state index is 10.0. The average Bonchev–Trinajstić information content (AvgIpc) is 3.12. The van der Waals surface area contributed by atoms with E-state index in [0.717, 1.165) is 44.0 Å². The molecule has 134 valence electrons. The maximum atomic E-state index is 10.0. The number of para-hydroxylation sites is 2. The van der Waals surface area contributed by atoms with Gasteiger partial charge in [0.2, 0.25) is 5.89 Å². The van der Waals surface area contributed by atoms with Crippen molar-refractivity contribution in [1.29, 1.82) is 0 Å². The van der Waals surface area contributed by atoms with Gasteiger partial charge < -0.3 is 19.3 Å². The highest BCUT2D eigenvalue weighted by atomic mass is 16.4. The number of benzene rings is 2. The molecule has 0 radical (unpaired) electrons. The van der Waals surface area contributed by atoms with E-state index in [-0.39, 0.29) is 0 Å². The SMILES string of the molecule is Cc1cccc(-c2nnc(C[NH+]3CCN(c4ccccc4O)CC3)o2)c1. The number of piperazine rings is 1. The monoisotopic (exact) mass is 351 g/mol. The van der Waals surface area contributed by atoms with Crippen LogP contribution in [0.3, 0.4) is 0 Å². The van der Waals surface area contributed by atoms with E-state index in [1.807, 2.05) is 30.3 Å². The van der Waals surface area contributed by atoms with Crippen LogP contribution in [-0.4, -0.2) is 41.5 Å². The Kier molecular flexibility index (Phi) is 4.58. The summed E-state index contributed by atoms with van der Waals surface area (Å²) in [6.07, 6.45) is 0. The van der Waals surface area contributed by atoms with E-state index in [0.29, 0.717) is 17.5 Å². The van der Waals surface area contributed by atoms with E-state index in [4.69, 9.17) is 4.42 Å². The quantitative estimate of drug-likeness (QED) is 0.748. The lowest BCUT2D eigenvalue weighted by atomic mass is 10.1. The Morgan fingerprint density at radius 1 is 1.08 bits per heavy atom. The molecule has 6 heteroatoms. The molecular formula is C20H23N4O2+. The molecule has 2 N–H and O–H groups in total. The van der Waals surface area contributed by atoms with Crippen LogP contribution >= 0.6 is 0 Å². The van der Waals surface area contributed by atoms with E-state index in [2.05, 4.69) is 34.2 Å². The summed E-state index contributed by atoms with van der Waals surface area (Å²) in [7, 11) is 0. The van der Waals surface area contributed by atoms with Crippen LogP contribution in [0.4, 0.5) is 5.69 Å². The highest BCUT2D eigenvalue weighted by Gasteiger charge is 2.23. The molecule has 4 rings (SSSR count). The van der Waals surface area contributed by atoms with Crippen molar-refractivity contribution < 1.29 is 14.4 Å². The minimum atomic E-state index is 0.343. The molecule has 2 heterocycles. The van der Waals surface area contributed by atoms with Crippen LogP contribution in [0.15, 0.2) is 52.9 Å². The van der Waals surface area contributed by atoms with Gasteiger partial charge in [0.25, 0.3) is 5.89 Å². The summed E-state index contributed by atoms with van der Waals surface area (Å²) >= 11 is 0. The Bertz CT molecular complexity index is 885. The van der Waals surface area contributed by atoms with Gasteiger partial charge in [-0.05, 0) is 31.2 Å². The topological polar surface area (TPSA) is 66.8 Å². The molecule has 0 spiro atoms. The van der Waals surface area contributed by atoms with Crippen molar-refractivity contribution in [3.63, 3.8) is 0 Å². The van der Waals surface area contributed by atoms with Crippen molar-refractivity contribution >= 4 is 5.69 Å². The number of nitrogens with one attached hydrogen (secondary N) is 1. The fraction of sp³-hybridized carbons (Fsp3) is 0.300. The summed E-state index contributed by atoms with van der Waals surface area (Å²) in [5.74, 6) is 1.60. The number of aryl methyl sites for hydroxylation is 1. The lowest BCUT2D eigenvalue weighted by Crippen LogP contribution is -3.13. The molecule has 1 aromatic heterocycles. The minimum Gasteiger partial charge on any atom is -0.506 e. The molecular weight excluding hydrogens is 328 g/mol. The van der Waals surface area contributed by atoms with Crippen molar-refractivity contribution in [3.05, 3.63) is 60.0 Å². The van der Waals surface area contributed by atoms with Gasteiger partial charge in [0.1, 0.15) is 5.75 Å². The molecule has 1 fully saturated rings. The van der Waals surface area contributed by atoms with Crippen LogP contribution < -0.4 is 9.80 Å². The Morgan fingerprint density at radius 2 is 1.88 bits per heavy atom. The van der Waals surface area contributed by atoms with Gasteiger partial charge in [-0.3, -0.25) is 0 Å². The van der Waals surface area contributed by atoms with Crippen LogP contribution in [0.1, 0.15) is 11.5 Å². The number of nitrogens with zero attached hydrogens (tertiary/aromatic N) is 3. The summed E-state index contributed by atoms with van der Waals surface area (Å²) in [5.41, 5.74) is 3.04. The van der Waals surface area contributed by atoms with Crippen molar-refractivity contribution in [2.24, 2.45) is 0 Å². The summed E-state index contributed by atoms with van der Waals surface area (Å²) < 4.78 is 5.86. The Morgan fingerprint density at radius 3 is 2.65 bits per heavy atom. The molecule has 0 atom stereocenters. The molecule has 0 unspecified atom stereocenters. The van der Waals surface area contributed by atoms with Gasteiger partial charge >= 0.3 is 0 Å². The van der Waals surface area contributed by atoms with Gasteiger partial charge in [0.05, 0.1) is 31.9 Å². The third-order valence-electron chi connectivity index (χ3n) is 4.83. The number of hydrogen-bond acceptors (Lipinski definition) is 5. The lowest BCUT2D eigenvalue weighted by Gasteiger charge is -2.33. The second-order valence-electron chi connectivity index (χ2n) is 6.77. The summed E-state index contributed by atoms with van der Waals surface area (Å²) in [6.45, 7) is 6.51. The third-order valence-corrected chi connectivity index (χ3v) is 4.83. The highest BCUT2D eigenvalue weighted by Crippen LogP contribution is 2.26. The summed E-state index contributed by atoms with van der Waals surface area (Å²) in [5, 5.41) is 18.4. The normalized spacial score (nSPS) is 15.3. The first kappa shape index (κ1) is 16.6. The zero-order chi connectivity index (χ0) is 17.9. The molecule has 0 amide bonds. The molecule has 2 aromatic carbocycles. The number of phenols is 1. The van der Waals surface area contributed by atoms with E-state index in [1.54, 1.807) is 6.07 Å². The molecule has 3 aromatic rings. The predicted molar refractivity (Wildman–Crippen MR) is 99.2 cm³/mol. The Hall–Kier alpha value is -2.86. The molecule has 1 aliphatic rings. The van der Waals surface area contributed by atoms with E-state index in [9.17, 15) is 5.11 Å². The van der Waals surface area contributed by atoms with Crippen molar-refractivity contribution in [2.45, 2.75) is 13.5 Å². The van der Waals surface area contributed by atoms with Crippen molar-refractivity contribution in [2.75, 3.05) is 31.1 Å². The first-order chi connectivity index (χ1) is 12.7. The number of anilines is 1. The highest BCUT2D eigenvalue weighted by molar-refractivity contribution is 5.57. The van der Waals surface area contributed by atoms with Gasteiger partial charge in [0, 0.05) is 5.56 Å². The fourth-order valence-electron chi connectivity index (χ4n) is 3.41. The number of aromatic nitrogens is 2. The van der Waals surface area contributed by atoms with Crippen LogP contribution in [-0.2, 0) is 6.54 Å². The van der Waals surface area contributed by atoms with Crippen LogP contribution in [0, 0.1) is 6.92 Å². The molecule has 1 aliphatic heterocycles. The first-order valence-electron chi connectivity index (χ1n) is 8.95. The third kappa shape index (κ3) is 3.55. The van der Waals surface area contributed by atoms with Gasteiger partial charge in [-0.15, -0.1) is 10.2 Å². The number of aromatic hydroxyl groups is 1. The standard InChI is InChI=1S/C20H22N4O2/c1-15-5-4-6-16(13-15)20-22-21-19(26-20)14-23-9-11-24(12-10-23)17-7-2-3-8-18(17)25/h2-8,13,25H,9-12,14H2,1H3/p+1. The first-order valence-corrected chi connectivity index (χ1v) is 8.95. The van der Waals surface area contributed by atoms with E-state index < -0.39 is 0 Å². The number of hydrogen-bond donors (Lipinski definition) is 2. The van der Waals surface area contributed by atoms with Crippen LogP contribution in [0.2, 0.25) is 0 Å². The zero-order valence-corrected chi connectivity index (χ0v) is 14.9. The zero-order valence-electron chi connectivity index (χ0n) is 14.9. The van der Waals surface area contributed by atoms with Crippen LogP contribution in [0.5, 0.6) is 5.75 Å². The second-order valence-corrected chi connectivity index (χ2v) is 6.77. The molecule has 1 saturated heterocycles. The molecule has 26 heavy (non-hydrogen) atoms. The largest absolute Gasteiger partial charge is 0.506 e. The Balaban J connectivity index is 1.37. The van der Waals surface area contributed by atoms with E-state index >= 15 is 0 Å². The predicted octanol–water partition coefficient (Wildman–Crippen LogP) is 1.66. The summed E-state index contributed by atoms with van der Waals surface area (Å²) in [4.78, 5) is 3.64. The summed E-state index contributed by atoms with van der Waals surface area (Å²) in [6, 6.07) is 15.6. The van der Waals surface area contributed by atoms with Crippen LogP contribution in [0.25, 0.3) is 11.5 Å². The minimum absolute atomic E-state index is 0.343. The fourth-order valence-corrected chi connectivity index (χ4v) is 3.41. The molecule has 0 saturated carbocycles. The number of phenolic OH excluding ortho intramolecular Hbond substituents is 1. The maximum Gasteiger partial charge on any atom is 0.271 e. The van der Waals surface area contributed by atoms with Crippen molar-refractivity contribution in [1.82, 2.24) is 10.2 Å². The van der Waals surface area contributed by atoms with Gasteiger partial charge in [-0.2, -0.15) is 0 Å². The van der Waals surface area contributed by atoms with Gasteiger partial charge in [-0.1, -0.05) is 29.8 Å². The number of quaternary nitrogens is 1. The number of rotatable bonds is 4. The lowest BCUT2D eigenvalue weighted by molar-refractivity contribution is -0.915. The van der Waals surface area contributed by atoms with Crippen molar-refractivity contribution in [3.8, 4) is 17.2 Å². The second kappa shape index (κ2) is 7.17. The van der Waals surface area contributed by atoms with E-state index in [1.165, 1.54) is 10.5 Å². The molecule has 6 nitrogen and oxygen atoms in total. The molecule has 0 aliphatic carbocycles.